The predicted octanol–water partition coefficient (Wildman–Crippen LogP) is 1.39. The first-order valence-electron chi connectivity index (χ1n) is 9.77. The smallest absolute Gasteiger partial charge is 0.325 e. The average molecular weight is 408 g/mol. The fourth-order valence-electron chi connectivity index (χ4n) is 3.40. The van der Waals surface area contributed by atoms with Gasteiger partial charge in [0, 0.05) is 18.7 Å². The molecule has 0 bridgehead atoms. The number of amides is 5. The Hall–Kier alpha value is -3.68. The maximum atomic E-state index is 13.0. The number of nitrogens with one attached hydrogen (secondary N) is 3. The van der Waals surface area contributed by atoms with Crippen LogP contribution in [-0.4, -0.2) is 48.3 Å². The van der Waals surface area contributed by atoms with E-state index in [0.29, 0.717) is 17.5 Å². The molecule has 8 nitrogen and oxygen atoms in total. The number of rotatable bonds is 8. The van der Waals surface area contributed by atoms with Gasteiger partial charge in [-0.3, -0.25) is 19.3 Å². The highest BCUT2D eigenvalue weighted by molar-refractivity contribution is 6.09. The van der Waals surface area contributed by atoms with E-state index >= 15 is 0 Å². The second-order valence-electron chi connectivity index (χ2n) is 6.92. The van der Waals surface area contributed by atoms with Crippen LogP contribution in [0.4, 0.5) is 4.79 Å². The minimum Gasteiger partial charge on any atom is -0.353 e. The van der Waals surface area contributed by atoms with E-state index in [2.05, 4.69) is 16.0 Å². The van der Waals surface area contributed by atoms with Gasteiger partial charge < -0.3 is 16.0 Å². The molecule has 1 fully saturated rings. The van der Waals surface area contributed by atoms with Gasteiger partial charge in [0.2, 0.25) is 5.91 Å². The Bertz CT molecular complexity index is 933. The van der Waals surface area contributed by atoms with Crippen LogP contribution in [0.2, 0.25) is 0 Å². The summed E-state index contributed by atoms with van der Waals surface area (Å²) in [6.07, 6.45) is 0.366. The minimum absolute atomic E-state index is 0.179. The van der Waals surface area contributed by atoms with Crippen LogP contribution in [0.15, 0.2) is 60.7 Å². The van der Waals surface area contributed by atoms with Crippen molar-refractivity contribution in [2.24, 2.45) is 0 Å². The lowest BCUT2D eigenvalue weighted by Gasteiger charge is -2.25. The van der Waals surface area contributed by atoms with E-state index in [1.807, 2.05) is 19.1 Å². The van der Waals surface area contributed by atoms with Crippen LogP contribution < -0.4 is 16.0 Å². The van der Waals surface area contributed by atoms with Crippen molar-refractivity contribution in [3.63, 3.8) is 0 Å². The summed E-state index contributed by atoms with van der Waals surface area (Å²) in [4.78, 5) is 50.5. The van der Waals surface area contributed by atoms with Gasteiger partial charge in [-0.05, 0) is 24.1 Å². The van der Waals surface area contributed by atoms with Gasteiger partial charge in [0.05, 0.1) is 0 Å². The van der Waals surface area contributed by atoms with E-state index in [9.17, 15) is 19.2 Å². The number of carbonyl (C=O) groups excluding carboxylic acids is 4. The molecule has 156 valence electrons. The van der Waals surface area contributed by atoms with Crippen LogP contribution in [0.25, 0.3) is 0 Å². The summed E-state index contributed by atoms with van der Waals surface area (Å²) in [6.45, 7) is 1.83. The Balaban J connectivity index is 1.52. The molecule has 1 unspecified atom stereocenters. The number of carbonyl (C=O) groups is 4. The third-order valence-electron chi connectivity index (χ3n) is 5.04. The zero-order valence-corrected chi connectivity index (χ0v) is 16.7. The molecule has 2 aromatic carbocycles. The Morgan fingerprint density at radius 2 is 1.53 bits per heavy atom. The standard InChI is InChI=1S/C22H24N4O4/c1-2-22(17-11-7-4-8-12-17)20(29)26(21(30)25-22)15-18(27)23-13-14-24-19(28)16-9-5-3-6-10-16/h3-12H,2,13-15H2,1H3,(H,23,27)(H,24,28)(H,25,30). The summed E-state index contributed by atoms with van der Waals surface area (Å²) < 4.78 is 0. The first-order chi connectivity index (χ1) is 14.5. The molecular weight excluding hydrogens is 384 g/mol. The molecule has 1 saturated heterocycles. The largest absolute Gasteiger partial charge is 0.353 e. The summed E-state index contributed by atoms with van der Waals surface area (Å²) in [6, 6.07) is 17.1. The maximum Gasteiger partial charge on any atom is 0.325 e. The molecule has 2 aromatic rings. The molecule has 0 radical (unpaired) electrons. The third-order valence-corrected chi connectivity index (χ3v) is 5.04. The van der Waals surface area contributed by atoms with Crippen LogP contribution in [0.3, 0.4) is 0 Å². The maximum absolute atomic E-state index is 13.0. The molecule has 3 N–H and O–H groups in total. The molecule has 1 aliphatic heterocycles. The van der Waals surface area contributed by atoms with Gasteiger partial charge in [-0.2, -0.15) is 0 Å². The van der Waals surface area contributed by atoms with Crippen molar-refractivity contribution in [3.8, 4) is 0 Å². The Kier molecular flexibility index (Phi) is 6.46. The summed E-state index contributed by atoms with van der Waals surface area (Å²) >= 11 is 0. The van der Waals surface area contributed by atoms with Crippen LogP contribution in [-0.2, 0) is 15.1 Å². The quantitative estimate of drug-likeness (QED) is 0.453. The topological polar surface area (TPSA) is 108 Å². The first-order valence-corrected chi connectivity index (χ1v) is 9.77. The molecule has 3 rings (SSSR count). The van der Waals surface area contributed by atoms with Crippen molar-refractivity contribution in [1.82, 2.24) is 20.9 Å². The predicted molar refractivity (Wildman–Crippen MR) is 110 cm³/mol. The molecule has 0 aromatic heterocycles. The van der Waals surface area contributed by atoms with E-state index in [4.69, 9.17) is 0 Å². The van der Waals surface area contributed by atoms with Gasteiger partial charge in [0.1, 0.15) is 12.1 Å². The van der Waals surface area contributed by atoms with Crippen LogP contribution in [0, 0.1) is 0 Å². The summed E-state index contributed by atoms with van der Waals surface area (Å²) in [5.74, 6) is -1.17. The van der Waals surface area contributed by atoms with Crippen molar-refractivity contribution in [3.05, 3.63) is 71.8 Å². The van der Waals surface area contributed by atoms with Gasteiger partial charge in [0.25, 0.3) is 11.8 Å². The number of nitrogens with zero attached hydrogens (tertiary/aromatic N) is 1. The average Bonchev–Trinajstić information content (AvgIpc) is 3.03. The second-order valence-corrected chi connectivity index (χ2v) is 6.92. The van der Waals surface area contributed by atoms with Gasteiger partial charge in [-0.1, -0.05) is 55.5 Å². The molecule has 1 heterocycles. The zero-order valence-electron chi connectivity index (χ0n) is 16.7. The highest BCUT2D eigenvalue weighted by Crippen LogP contribution is 2.32. The summed E-state index contributed by atoms with van der Waals surface area (Å²) in [7, 11) is 0. The first kappa shape index (κ1) is 21.0. The van der Waals surface area contributed by atoms with E-state index < -0.39 is 23.4 Å². The van der Waals surface area contributed by atoms with Crippen molar-refractivity contribution >= 4 is 23.8 Å². The number of imide groups is 1. The van der Waals surface area contributed by atoms with Crippen molar-refractivity contribution < 1.29 is 19.2 Å². The van der Waals surface area contributed by atoms with Gasteiger partial charge >= 0.3 is 6.03 Å². The fraction of sp³-hybridized carbons (Fsp3) is 0.273. The molecule has 8 heteroatoms. The fourth-order valence-corrected chi connectivity index (χ4v) is 3.40. The molecule has 0 spiro atoms. The number of benzene rings is 2. The Labute approximate surface area is 174 Å². The van der Waals surface area contributed by atoms with Crippen molar-refractivity contribution in [2.75, 3.05) is 19.6 Å². The van der Waals surface area contributed by atoms with E-state index in [-0.39, 0.29) is 25.5 Å². The van der Waals surface area contributed by atoms with Crippen molar-refractivity contribution in [1.29, 1.82) is 0 Å². The highest BCUT2D eigenvalue weighted by Gasteiger charge is 2.51. The molecule has 5 amide bonds. The second kappa shape index (κ2) is 9.21. The minimum atomic E-state index is -1.16. The lowest BCUT2D eigenvalue weighted by atomic mass is 9.87. The lowest BCUT2D eigenvalue weighted by molar-refractivity contribution is -0.135. The normalized spacial score (nSPS) is 18.1. The molecule has 1 atom stereocenters. The Morgan fingerprint density at radius 3 is 2.17 bits per heavy atom. The third kappa shape index (κ3) is 4.32. The molecule has 1 aliphatic rings. The molecule has 0 saturated carbocycles. The van der Waals surface area contributed by atoms with E-state index in [0.717, 1.165) is 4.90 Å². The van der Waals surface area contributed by atoms with E-state index in [1.54, 1.807) is 48.5 Å². The molecule has 30 heavy (non-hydrogen) atoms. The van der Waals surface area contributed by atoms with Crippen LogP contribution in [0.5, 0.6) is 0 Å². The van der Waals surface area contributed by atoms with Crippen molar-refractivity contribution in [2.45, 2.75) is 18.9 Å². The SMILES string of the molecule is CCC1(c2ccccc2)NC(=O)N(CC(=O)NCCNC(=O)c2ccccc2)C1=O. The number of urea groups is 1. The van der Waals surface area contributed by atoms with Crippen LogP contribution >= 0.6 is 0 Å². The number of hydrogen-bond acceptors (Lipinski definition) is 4. The zero-order chi connectivity index (χ0) is 21.6. The monoisotopic (exact) mass is 408 g/mol. The van der Waals surface area contributed by atoms with Gasteiger partial charge in [0.15, 0.2) is 0 Å². The summed E-state index contributed by atoms with van der Waals surface area (Å²) in [5.41, 5.74) is 0.0415. The van der Waals surface area contributed by atoms with Gasteiger partial charge in [-0.25, -0.2) is 4.79 Å². The highest BCUT2D eigenvalue weighted by atomic mass is 16.2. The molecular formula is C22H24N4O4. The molecule has 0 aliphatic carbocycles. The number of hydrogen-bond donors (Lipinski definition) is 3. The van der Waals surface area contributed by atoms with Crippen LogP contribution in [0.1, 0.15) is 29.3 Å². The summed E-state index contributed by atoms with van der Waals surface area (Å²) in [5, 5.41) is 8.05. The van der Waals surface area contributed by atoms with Gasteiger partial charge in [-0.15, -0.1) is 0 Å². The van der Waals surface area contributed by atoms with E-state index in [1.165, 1.54) is 0 Å². The lowest BCUT2D eigenvalue weighted by Crippen LogP contribution is -2.45. The Morgan fingerprint density at radius 1 is 0.933 bits per heavy atom.